The number of likely N-dealkylation sites (tertiary alicyclic amines) is 2. The number of piperidine rings is 2. The van der Waals surface area contributed by atoms with E-state index in [0.717, 1.165) is 38.8 Å². The molecule has 0 saturated carbocycles. The van der Waals surface area contributed by atoms with Crippen molar-refractivity contribution in [1.29, 1.82) is 0 Å². The van der Waals surface area contributed by atoms with Crippen molar-refractivity contribution < 1.29 is 9.59 Å². The lowest BCUT2D eigenvalue weighted by molar-refractivity contribution is -0.138. The highest BCUT2D eigenvalue weighted by molar-refractivity contribution is 6.36. The van der Waals surface area contributed by atoms with Crippen molar-refractivity contribution in [3.05, 3.63) is 33.8 Å². The number of rotatable bonds is 2. The van der Waals surface area contributed by atoms with E-state index in [1.54, 1.807) is 23.1 Å². The van der Waals surface area contributed by atoms with Crippen LogP contribution in [0.1, 0.15) is 43.0 Å². The van der Waals surface area contributed by atoms with E-state index in [-0.39, 0.29) is 17.7 Å². The SMILES string of the molecule is CC1CCN(C(=O)C2CCN(C(=O)c3ccc(Cl)cc3Cl)CC2)CC1. The number of nitrogens with zero attached hydrogens (tertiary/aromatic N) is 2. The molecule has 136 valence electrons. The summed E-state index contributed by atoms with van der Waals surface area (Å²) in [7, 11) is 0. The van der Waals surface area contributed by atoms with Crippen molar-refractivity contribution in [2.75, 3.05) is 26.2 Å². The molecule has 2 aliphatic heterocycles. The molecule has 25 heavy (non-hydrogen) atoms. The van der Waals surface area contributed by atoms with Gasteiger partial charge in [0.05, 0.1) is 10.6 Å². The van der Waals surface area contributed by atoms with E-state index in [1.165, 1.54) is 0 Å². The highest BCUT2D eigenvalue weighted by atomic mass is 35.5. The molecule has 0 spiro atoms. The predicted molar refractivity (Wildman–Crippen MR) is 100 cm³/mol. The van der Waals surface area contributed by atoms with Gasteiger partial charge in [0.15, 0.2) is 0 Å². The summed E-state index contributed by atoms with van der Waals surface area (Å²) in [6.07, 6.45) is 3.64. The minimum absolute atomic E-state index is 0.0399. The van der Waals surface area contributed by atoms with Crippen molar-refractivity contribution in [2.45, 2.75) is 32.6 Å². The summed E-state index contributed by atoms with van der Waals surface area (Å²) in [6, 6.07) is 4.93. The van der Waals surface area contributed by atoms with Crippen molar-refractivity contribution >= 4 is 35.0 Å². The van der Waals surface area contributed by atoms with Gasteiger partial charge in [0, 0.05) is 37.1 Å². The molecule has 0 atom stereocenters. The smallest absolute Gasteiger partial charge is 0.255 e. The number of carbonyl (C=O) groups excluding carboxylic acids is 2. The third-order valence-corrected chi connectivity index (χ3v) is 5.94. The Hall–Kier alpha value is -1.26. The van der Waals surface area contributed by atoms with Crippen LogP contribution in [0.4, 0.5) is 0 Å². The Morgan fingerprint density at radius 3 is 2.16 bits per heavy atom. The molecule has 0 unspecified atom stereocenters. The van der Waals surface area contributed by atoms with Gasteiger partial charge in [-0.2, -0.15) is 0 Å². The van der Waals surface area contributed by atoms with Crippen molar-refractivity contribution in [2.24, 2.45) is 11.8 Å². The molecule has 2 aliphatic rings. The number of halogens is 2. The Balaban J connectivity index is 1.56. The van der Waals surface area contributed by atoms with Gasteiger partial charge in [0.2, 0.25) is 5.91 Å². The molecular formula is C19H24Cl2N2O2. The average molecular weight is 383 g/mol. The fraction of sp³-hybridized carbons (Fsp3) is 0.579. The molecule has 6 heteroatoms. The van der Waals surface area contributed by atoms with Crippen LogP contribution in [0.5, 0.6) is 0 Å². The second kappa shape index (κ2) is 7.96. The number of carbonyl (C=O) groups is 2. The van der Waals surface area contributed by atoms with Crippen LogP contribution in [-0.2, 0) is 4.79 Å². The van der Waals surface area contributed by atoms with E-state index >= 15 is 0 Å². The molecule has 3 rings (SSSR count). The van der Waals surface area contributed by atoms with Gasteiger partial charge in [-0.05, 0) is 49.8 Å². The van der Waals surface area contributed by atoms with E-state index in [4.69, 9.17) is 23.2 Å². The van der Waals surface area contributed by atoms with Crippen LogP contribution in [0.2, 0.25) is 10.0 Å². The van der Waals surface area contributed by atoms with Gasteiger partial charge < -0.3 is 9.80 Å². The Morgan fingerprint density at radius 1 is 0.960 bits per heavy atom. The van der Waals surface area contributed by atoms with Crippen LogP contribution in [0, 0.1) is 11.8 Å². The van der Waals surface area contributed by atoms with E-state index in [9.17, 15) is 9.59 Å². The molecule has 2 saturated heterocycles. The summed E-state index contributed by atoms with van der Waals surface area (Å²) in [6.45, 7) is 5.18. The summed E-state index contributed by atoms with van der Waals surface area (Å²) in [5.74, 6) is 0.939. The summed E-state index contributed by atoms with van der Waals surface area (Å²) in [5, 5.41) is 0.889. The maximum Gasteiger partial charge on any atom is 0.255 e. The van der Waals surface area contributed by atoms with Crippen LogP contribution in [0.3, 0.4) is 0 Å². The molecule has 0 aliphatic carbocycles. The highest BCUT2D eigenvalue weighted by Crippen LogP contribution is 2.27. The fourth-order valence-corrected chi connectivity index (χ4v) is 4.14. The third-order valence-electron chi connectivity index (χ3n) is 5.39. The maximum atomic E-state index is 12.7. The Labute approximate surface area is 159 Å². The van der Waals surface area contributed by atoms with E-state index in [1.807, 2.05) is 4.90 Å². The molecule has 2 amide bonds. The molecule has 1 aromatic rings. The molecular weight excluding hydrogens is 359 g/mol. The molecule has 1 aromatic carbocycles. The molecule has 2 fully saturated rings. The number of hydrogen-bond donors (Lipinski definition) is 0. The van der Waals surface area contributed by atoms with Crippen LogP contribution >= 0.6 is 23.2 Å². The summed E-state index contributed by atoms with van der Waals surface area (Å²) >= 11 is 12.0. The second-order valence-electron chi connectivity index (χ2n) is 7.20. The van der Waals surface area contributed by atoms with Crippen molar-refractivity contribution in [3.63, 3.8) is 0 Å². The lowest BCUT2D eigenvalue weighted by Gasteiger charge is -2.36. The summed E-state index contributed by atoms with van der Waals surface area (Å²) in [4.78, 5) is 29.1. The molecule has 4 nitrogen and oxygen atoms in total. The van der Waals surface area contributed by atoms with Crippen LogP contribution in [0.25, 0.3) is 0 Å². The zero-order valence-electron chi connectivity index (χ0n) is 14.5. The first-order chi connectivity index (χ1) is 12.0. The average Bonchev–Trinajstić information content (AvgIpc) is 2.61. The van der Waals surface area contributed by atoms with Crippen LogP contribution < -0.4 is 0 Å². The van der Waals surface area contributed by atoms with Crippen LogP contribution in [-0.4, -0.2) is 47.8 Å². The first-order valence-corrected chi connectivity index (χ1v) is 9.74. The Bertz CT molecular complexity index is 649. The summed E-state index contributed by atoms with van der Waals surface area (Å²) in [5.41, 5.74) is 0.473. The second-order valence-corrected chi connectivity index (χ2v) is 8.04. The molecule has 0 bridgehead atoms. The molecule has 0 aromatic heterocycles. The quantitative estimate of drug-likeness (QED) is 0.772. The van der Waals surface area contributed by atoms with Crippen molar-refractivity contribution in [3.8, 4) is 0 Å². The molecule has 0 N–H and O–H groups in total. The van der Waals surface area contributed by atoms with Gasteiger partial charge in [-0.25, -0.2) is 0 Å². The van der Waals surface area contributed by atoms with Crippen LogP contribution in [0.15, 0.2) is 18.2 Å². The van der Waals surface area contributed by atoms with E-state index < -0.39 is 0 Å². The van der Waals surface area contributed by atoms with Gasteiger partial charge in [-0.3, -0.25) is 9.59 Å². The lowest BCUT2D eigenvalue weighted by atomic mass is 9.92. The van der Waals surface area contributed by atoms with Crippen molar-refractivity contribution in [1.82, 2.24) is 9.80 Å². The number of hydrogen-bond acceptors (Lipinski definition) is 2. The Kier molecular flexibility index (Phi) is 5.90. The predicted octanol–water partition coefficient (Wildman–Crippen LogP) is 4.10. The van der Waals surface area contributed by atoms with Gasteiger partial charge in [-0.15, -0.1) is 0 Å². The largest absolute Gasteiger partial charge is 0.342 e. The van der Waals surface area contributed by atoms with Gasteiger partial charge in [0.1, 0.15) is 0 Å². The zero-order chi connectivity index (χ0) is 18.0. The maximum absolute atomic E-state index is 12.7. The standard InChI is InChI=1S/C19H24Cl2N2O2/c1-13-4-8-22(9-5-13)18(24)14-6-10-23(11-7-14)19(25)16-3-2-15(20)12-17(16)21/h2-3,12-14H,4-11H2,1H3. The molecule has 0 radical (unpaired) electrons. The van der Waals surface area contributed by atoms with Gasteiger partial charge in [0.25, 0.3) is 5.91 Å². The summed E-state index contributed by atoms with van der Waals surface area (Å²) < 4.78 is 0. The Morgan fingerprint density at radius 2 is 1.56 bits per heavy atom. The first-order valence-electron chi connectivity index (χ1n) is 8.99. The number of benzene rings is 1. The lowest BCUT2D eigenvalue weighted by Crippen LogP contribution is -2.46. The zero-order valence-corrected chi connectivity index (χ0v) is 16.0. The minimum atomic E-state index is -0.0839. The fourth-order valence-electron chi connectivity index (χ4n) is 3.65. The van der Waals surface area contributed by atoms with E-state index in [0.29, 0.717) is 34.6 Å². The third kappa shape index (κ3) is 4.29. The first kappa shape index (κ1) is 18.5. The van der Waals surface area contributed by atoms with Gasteiger partial charge >= 0.3 is 0 Å². The van der Waals surface area contributed by atoms with Gasteiger partial charge in [-0.1, -0.05) is 30.1 Å². The minimum Gasteiger partial charge on any atom is -0.342 e. The number of amides is 2. The highest BCUT2D eigenvalue weighted by Gasteiger charge is 2.32. The monoisotopic (exact) mass is 382 g/mol. The molecule has 2 heterocycles. The van der Waals surface area contributed by atoms with E-state index in [2.05, 4.69) is 6.92 Å². The normalized spacial score (nSPS) is 20.0. The topological polar surface area (TPSA) is 40.6 Å².